The van der Waals surface area contributed by atoms with Crippen molar-refractivity contribution in [2.45, 2.75) is 25.8 Å². The fourth-order valence-corrected chi connectivity index (χ4v) is 1.61. The molecule has 0 aliphatic carbocycles. The fraction of sp³-hybridized carbons (Fsp3) is 0.462. The fourth-order valence-electron chi connectivity index (χ4n) is 1.61. The summed E-state index contributed by atoms with van der Waals surface area (Å²) in [7, 11) is 1.53. The van der Waals surface area contributed by atoms with Crippen molar-refractivity contribution >= 4 is 11.6 Å². The van der Waals surface area contributed by atoms with Gasteiger partial charge in [0.15, 0.2) is 0 Å². The third-order valence-corrected chi connectivity index (χ3v) is 2.48. The van der Waals surface area contributed by atoms with Crippen molar-refractivity contribution in [1.29, 1.82) is 0 Å². The number of nitrogens with one attached hydrogen (secondary N) is 1. The first-order valence-corrected chi connectivity index (χ1v) is 5.82. The van der Waals surface area contributed by atoms with E-state index in [1.807, 2.05) is 24.3 Å². The zero-order valence-corrected chi connectivity index (χ0v) is 10.4. The minimum atomic E-state index is -0.630. The number of anilines is 1. The van der Waals surface area contributed by atoms with Crippen LogP contribution in [0.3, 0.4) is 0 Å². The van der Waals surface area contributed by atoms with E-state index in [2.05, 4.69) is 12.2 Å². The summed E-state index contributed by atoms with van der Waals surface area (Å²) in [5.74, 6) is -0.213. The van der Waals surface area contributed by atoms with Crippen LogP contribution >= 0.6 is 0 Å². The molecular formula is C13H20N2O2. The van der Waals surface area contributed by atoms with Crippen LogP contribution in [0.5, 0.6) is 0 Å². The van der Waals surface area contributed by atoms with Crippen LogP contribution in [0.4, 0.5) is 5.69 Å². The molecule has 1 rings (SSSR count). The van der Waals surface area contributed by atoms with Crippen molar-refractivity contribution in [3.63, 3.8) is 0 Å². The van der Waals surface area contributed by atoms with Gasteiger partial charge in [-0.3, -0.25) is 4.79 Å². The Morgan fingerprint density at radius 2 is 2.18 bits per heavy atom. The van der Waals surface area contributed by atoms with Crippen molar-refractivity contribution in [3.05, 3.63) is 29.8 Å². The minimum absolute atomic E-state index is 0.213. The molecule has 0 saturated heterocycles. The summed E-state index contributed by atoms with van der Waals surface area (Å²) in [5, 5.41) is 2.84. The lowest BCUT2D eigenvalue weighted by atomic mass is 10.1. The molecule has 3 N–H and O–H groups in total. The van der Waals surface area contributed by atoms with Crippen molar-refractivity contribution in [1.82, 2.24) is 0 Å². The number of carbonyl (C=O) groups excluding carboxylic acids is 1. The molecule has 0 saturated carbocycles. The summed E-state index contributed by atoms with van der Waals surface area (Å²) < 4.78 is 4.85. The Labute approximate surface area is 102 Å². The first kappa shape index (κ1) is 13.7. The summed E-state index contributed by atoms with van der Waals surface area (Å²) in [6, 6.07) is 7.14. The molecule has 4 heteroatoms. The summed E-state index contributed by atoms with van der Waals surface area (Å²) in [4.78, 5) is 11.7. The number of aryl methyl sites for hydroxylation is 1. The van der Waals surface area contributed by atoms with E-state index >= 15 is 0 Å². The molecule has 0 aromatic heterocycles. The molecule has 0 fully saturated rings. The van der Waals surface area contributed by atoms with Gasteiger partial charge in [0.25, 0.3) is 0 Å². The maximum atomic E-state index is 11.7. The van der Waals surface area contributed by atoms with E-state index in [1.54, 1.807) is 0 Å². The Kier molecular flexibility index (Phi) is 5.66. The topological polar surface area (TPSA) is 64.4 Å². The van der Waals surface area contributed by atoms with Gasteiger partial charge in [-0.2, -0.15) is 0 Å². The predicted octanol–water partition coefficient (Wildman–Crippen LogP) is 1.55. The number of para-hydroxylation sites is 1. The zero-order chi connectivity index (χ0) is 12.7. The molecule has 4 nitrogen and oxygen atoms in total. The number of benzene rings is 1. The van der Waals surface area contributed by atoms with Crippen LogP contribution in [-0.4, -0.2) is 25.7 Å². The van der Waals surface area contributed by atoms with Crippen molar-refractivity contribution in [3.8, 4) is 0 Å². The van der Waals surface area contributed by atoms with Gasteiger partial charge in [0.1, 0.15) is 6.04 Å². The molecule has 0 aliphatic rings. The van der Waals surface area contributed by atoms with Crippen LogP contribution in [0.15, 0.2) is 24.3 Å². The predicted molar refractivity (Wildman–Crippen MR) is 68.9 cm³/mol. The Morgan fingerprint density at radius 3 is 2.82 bits per heavy atom. The maximum absolute atomic E-state index is 11.7. The largest absolute Gasteiger partial charge is 0.383 e. The Morgan fingerprint density at radius 1 is 1.47 bits per heavy atom. The second kappa shape index (κ2) is 7.04. The summed E-state index contributed by atoms with van der Waals surface area (Å²) in [5.41, 5.74) is 7.63. The number of rotatable bonds is 6. The van der Waals surface area contributed by atoms with Gasteiger partial charge in [-0.1, -0.05) is 31.5 Å². The summed E-state index contributed by atoms with van der Waals surface area (Å²) >= 11 is 0. The first-order chi connectivity index (χ1) is 8.19. The molecular weight excluding hydrogens is 216 g/mol. The van der Waals surface area contributed by atoms with E-state index < -0.39 is 6.04 Å². The smallest absolute Gasteiger partial charge is 0.243 e. The van der Waals surface area contributed by atoms with Crippen LogP contribution in [0.2, 0.25) is 0 Å². The number of carbonyl (C=O) groups is 1. The van der Waals surface area contributed by atoms with Crippen molar-refractivity contribution in [2.75, 3.05) is 19.0 Å². The van der Waals surface area contributed by atoms with Gasteiger partial charge < -0.3 is 15.8 Å². The molecule has 1 atom stereocenters. The SMILES string of the molecule is CCCc1ccccc1NC(=O)C(N)COC. The van der Waals surface area contributed by atoms with E-state index in [9.17, 15) is 4.79 Å². The molecule has 1 unspecified atom stereocenters. The number of amides is 1. The number of hydrogen-bond donors (Lipinski definition) is 2. The Bertz CT molecular complexity index is 366. The highest BCUT2D eigenvalue weighted by molar-refractivity contribution is 5.95. The third kappa shape index (κ3) is 4.17. The third-order valence-electron chi connectivity index (χ3n) is 2.48. The molecule has 0 spiro atoms. The maximum Gasteiger partial charge on any atom is 0.243 e. The lowest BCUT2D eigenvalue weighted by Gasteiger charge is -2.14. The summed E-state index contributed by atoms with van der Waals surface area (Å²) in [6.07, 6.45) is 1.98. The van der Waals surface area contributed by atoms with Crippen LogP contribution in [0.1, 0.15) is 18.9 Å². The zero-order valence-electron chi connectivity index (χ0n) is 10.4. The van der Waals surface area contributed by atoms with E-state index in [0.717, 1.165) is 24.1 Å². The van der Waals surface area contributed by atoms with Crippen molar-refractivity contribution in [2.24, 2.45) is 5.73 Å². The lowest BCUT2D eigenvalue weighted by molar-refractivity contribution is -0.118. The average Bonchev–Trinajstić information content (AvgIpc) is 2.32. The van der Waals surface area contributed by atoms with Crippen LogP contribution in [-0.2, 0) is 16.0 Å². The summed E-state index contributed by atoms with van der Waals surface area (Å²) in [6.45, 7) is 2.33. The average molecular weight is 236 g/mol. The van der Waals surface area contributed by atoms with E-state index in [0.29, 0.717) is 0 Å². The second-order valence-corrected chi connectivity index (χ2v) is 3.96. The van der Waals surface area contributed by atoms with E-state index in [-0.39, 0.29) is 12.5 Å². The number of ether oxygens (including phenoxy) is 1. The molecule has 1 amide bonds. The first-order valence-electron chi connectivity index (χ1n) is 5.82. The van der Waals surface area contributed by atoms with Crippen LogP contribution in [0.25, 0.3) is 0 Å². The molecule has 0 aliphatic heterocycles. The van der Waals surface area contributed by atoms with Gasteiger partial charge in [0.05, 0.1) is 6.61 Å². The van der Waals surface area contributed by atoms with Crippen LogP contribution in [0, 0.1) is 0 Å². The highest BCUT2D eigenvalue weighted by Gasteiger charge is 2.14. The molecule has 0 bridgehead atoms. The lowest BCUT2D eigenvalue weighted by Crippen LogP contribution is -2.39. The monoisotopic (exact) mass is 236 g/mol. The molecule has 0 radical (unpaired) electrons. The van der Waals surface area contributed by atoms with Crippen molar-refractivity contribution < 1.29 is 9.53 Å². The Balaban J connectivity index is 2.70. The van der Waals surface area contributed by atoms with Gasteiger partial charge in [-0.05, 0) is 18.1 Å². The van der Waals surface area contributed by atoms with E-state index in [1.165, 1.54) is 7.11 Å². The number of methoxy groups -OCH3 is 1. The van der Waals surface area contributed by atoms with E-state index in [4.69, 9.17) is 10.5 Å². The van der Waals surface area contributed by atoms with Gasteiger partial charge in [-0.15, -0.1) is 0 Å². The normalized spacial score (nSPS) is 12.2. The number of hydrogen-bond acceptors (Lipinski definition) is 3. The molecule has 1 aromatic carbocycles. The Hall–Kier alpha value is -1.39. The second-order valence-electron chi connectivity index (χ2n) is 3.96. The molecule has 17 heavy (non-hydrogen) atoms. The molecule has 94 valence electrons. The van der Waals surface area contributed by atoms with Gasteiger partial charge in [0, 0.05) is 12.8 Å². The highest BCUT2D eigenvalue weighted by atomic mass is 16.5. The highest BCUT2D eigenvalue weighted by Crippen LogP contribution is 2.16. The van der Waals surface area contributed by atoms with Gasteiger partial charge in [0.2, 0.25) is 5.91 Å². The standard InChI is InChI=1S/C13H20N2O2/c1-3-6-10-7-4-5-8-12(10)15-13(16)11(14)9-17-2/h4-5,7-8,11H,3,6,9,14H2,1-2H3,(H,15,16). The minimum Gasteiger partial charge on any atom is -0.383 e. The quantitative estimate of drug-likeness (QED) is 0.787. The van der Waals surface area contributed by atoms with Gasteiger partial charge >= 0.3 is 0 Å². The molecule has 0 heterocycles. The van der Waals surface area contributed by atoms with Gasteiger partial charge in [-0.25, -0.2) is 0 Å². The number of nitrogens with two attached hydrogens (primary N) is 1. The molecule has 1 aromatic rings. The van der Waals surface area contributed by atoms with Crippen LogP contribution < -0.4 is 11.1 Å².